The van der Waals surface area contributed by atoms with Gasteiger partial charge in [0.2, 0.25) is 0 Å². The van der Waals surface area contributed by atoms with Crippen LogP contribution in [-0.2, 0) is 14.4 Å². The molecular formula is C24H23N3O5. The number of fused-ring (bicyclic) bond motifs is 5. The Bertz CT molecular complexity index is 1150. The molecular weight excluding hydrogens is 410 g/mol. The third kappa shape index (κ3) is 3.14. The van der Waals surface area contributed by atoms with E-state index in [-0.39, 0.29) is 35.5 Å². The van der Waals surface area contributed by atoms with Gasteiger partial charge in [-0.2, -0.15) is 10.1 Å². The first-order valence-electron chi connectivity index (χ1n) is 10.6. The number of hydrogen-bond donors (Lipinski definition) is 1. The molecule has 4 atom stereocenters. The standard InChI is InChI=1S/C24H23N3O5/c1-13-9-17(14(2)26(13)18-5-7-19(8-6-18)32-12-20(28)29)11-25-27-23(30)21-15-3-4-16(10-15)22(21)24(27)31/h3-9,11,15-16,21-22H,10,12H2,1-2H3,(H,28,29). The lowest BCUT2D eigenvalue weighted by molar-refractivity contribution is -0.141. The molecule has 1 aromatic carbocycles. The van der Waals surface area contributed by atoms with E-state index in [2.05, 4.69) is 17.3 Å². The number of benzene rings is 1. The minimum absolute atomic E-state index is 0.161. The van der Waals surface area contributed by atoms with Crippen molar-refractivity contribution >= 4 is 24.0 Å². The Balaban J connectivity index is 1.36. The molecule has 0 spiro atoms. The van der Waals surface area contributed by atoms with Crippen LogP contribution < -0.4 is 4.74 Å². The van der Waals surface area contributed by atoms with Crippen molar-refractivity contribution in [2.24, 2.45) is 28.8 Å². The fourth-order valence-corrected chi connectivity index (χ4v) is 5.27. The van der Waals surface area contributed by atoms with Gasteiger partial charge in [0.15, 0.2) is 6.61 Å². The Morgan fingerprint density at radius 1 is 1.12 bits per heavy atom. The van der Waals surface area contributed by atoms with Crippen LogP contribution in [-0.4, -0.2) is 45.3 Å². The third-order valence-corrected chi connectivity index (χ3v) is 6.69. The lowest BCUT2D eigenvalue weighted by atomic mass is 9.85. The average Bonchev–Trinajstić information content (AvgIpc) is 3.50. The fourth-order valence-electron chi connectivity index (χ4n) is 5.27. The number of hydrogen-bond acceptors (Lipinski definition) is 5. The van der Waals surface area contributed by atoms with Crippen molar-refractivity contribution < 1.29 is 24.2 Å². The van der Waals surface area contributed by atoms with Crippen molar-refractivity contribution in [2.75, 3.05) is 6.61 Å². The maximum absolute atomic E-state index is 12.8. The molecule has 8 heteroatoms. The Hall–Kier alpha value is -3.68. The van der Waals surface area contributed by atoms with E-state index in [1.54, 1.807) is 18.3 Å². The number of carbonyl (C=O) groups excluding carboxylic acids is 2. The van der Waals surface area contributed by atoms with Gasteiger partial charge in [0, 0.05) is 22.6 Å². The van der Waals surface area contributed by atoms with Crippen LogP contribution >= 0.6 is 0 Å². The Labute approximate surface area is 184 Å². The van der Waals surface area contributed by atoms with Crippen molar-refractivity contribution in [2.45, 2.75) is 20.3 Å². The van der Waals surface area contributed by atoms with Gasteiger partial charge in [-0.15, -0.1) is 0 Å². The molecule has 3 aliphatic rings. The Morgan fingerprint density at radius 3 is 2.34 bits per heavy atom. The second kappa shape index (κ2) is 7.47. The summed E-state index contributed by atoms with van der Waals surface area (Å²) in [5, 5.41) is 14.1. The molecule has 1 saturated heterocycles. The van der Waals surface area contributed by atoms with Crippen LogP contribution in [0.15, 0.2) is 47.6 Å². The maximum atomic E-state index is 12.8. The number of rotatable bonds is 6. The molecule has 5 rings (SSSR count). The van der Waals surface area contributed by atoms with E-state index in [9.17, 15) is 14.4 Å². The number of carbonyl (C=O) groups is 3. The molecule has 2 aromatic rings. The highest BCUT2D eigenvalue weighted by molar-refractivity contribution is 6.06. The number of imide groups is 1. The molecule has 8 nitrogen and oxygen atoms in total. The highest BCUT2D eigenvalue weighted by Crippen LogP contribution is 2.52. The van der Waals surface area contributed by atoms with Crippen LogP contribution in [0.2, 0.25) is 0 Å². The Morgan fingerprint density at radius 2 is 1.75 bits per heavy atom. The van der Waals surface area contributed by atoms with Gasteiger partial charge in [0.1, 0.15) is 5.75 Å². The smallest absolute Gasteiger partial charge is 0.341 e. The van der Waals surface area contributed by atoms with E-state index in [0.29, 0.717) is 5.75 Å². The van der Waals surface area contributed by atoms with Gasteiger partial charge in [-0.3, -0.25) is 9.59 Å². The van der Waals surface area contributed by atoms with Gasteiger partial charge in [0.25, 0.3) is 11.8 Å². The largest absolute Gasteiger partial charge is 0.482 e. The van der Waals surface area contributed by atoms with Crippen molar-refractivity contribution in [1.29, 1.82) is 0 Å². The summed E-state index contributed by atoms with van der Waals surface area (Å²) in [6.07, 6.45) is 6.60. The number of carboxylic acids is 1. The van der Waals surface area contributed by atoms with Crippen LogP contribution in [0.4, 0.5) is 0 Å². The monoisotopic (exact) mass is 433 g/mol. The van der Waals surface area contributed by atoms with Crippen LogP contribution in [0, 0.1) is 37.5 Å². The van der Waals surface area contributed by atoms with Crippen LogP contribution in [0.25, 0.3) is 5.69 Å². The first-order chi connectivity index (χ1) is 15.3. The van der Waals surface area contributed by atoms with Crippen molar-refractivity contribution in [3.05, 3.63) is 59.4 Å². The van der Waals surface area contributed by atoms with Gasteiger partial charge in [-0.05, 0) is 62.4 Å². The molecule has 0 radical (unpaired) electrons. The predicted octanol–water partition coefficient (Wildman–Crippen LogP) is 2.70. The first kappa shape index (κ1) is 20.2. The van der Waals surface area contributed by atoms with Gasteiger partial charge in [0.05, 0.1) is 18.1 Å². The summed E-state index contributed by atoms with van der Waals surface area (Å²) in [4.78, 5) is 36.3. The molecule has 1 aliphatic heterocycles. The van der Waals surface area contributed by atoms with Crippen LogP contribution in [0.5, 0.6) is 5.75 Å². The predicted molar refractivity (Wildman–Crippen MR) is 116 cm³/mol. The highest BCUT2D eigenvalue weighted by atomic mass is 16.5. The minimum Gasteiger partial charge on any atom is -0.482 e. The van der Waals surface area contributed by atoms with Crippen molar-refractivity contribution in [1.82, 2.24) is 9.58 Å². The average molecular weight is 433 g/mol. The molecule has 2 amide bonds. The second-order valence-corrected chi connectivity index (χ2v) is 8.57. The fraction of sp³-hybridized carbons (Fsp3) is 0.333. The van der Waals surface area contributed by atoms with E-state index in [0.717, 1.165) is 34.1 Å². The molecule has 2 aliphatic carbocycles. The van der Waals surface area contributed by atoms with Gasteiger partial charge in [-0.1, -0.05) is 12.2 Å². The molecule has 32 heavy (non-hydrogen) atoms. The second-order valence-electron chi connectivity index (χ2n) is 8.57. The number of nitrogens with zero attached hydrogens (tertiary/aromatic N) is 3. The number of carboxylic acid groups (broad SMARTS) is 1. The number of aromatic nitrogens is 1. The zero-order valence-corrected chi connectivity index (χ0v) is 17.8. The van der Waals surface area contributed by atoms with Gasteiger partial charge in [-0.25, -0.2) is 4.79 Å². The van der Waals surface area contributed by atoms with Crippen LogP contribution in [0.1, 0.15) is 23.4 Å². The van der Waals surface area contributed by atoms with E-state index < -0.39 is 12.6 Å². The summed E-state index contributed by atoms with van der Waals surface area (Å²) in [5.74, 6) is -1.15. The van der Waals surface area contributed by atoms with Crippen molar-refractivity contribution in [3.8, 4) is 11.4 Å². The Kier molecular flexibility index (Phi) is 4.73. The van der Waals surface area contributed by atoms with Crippen molar-refractivity contribution in [3.63, 3.8) is 0 Å². The molecule has 2 fully saturated rings. The van der Waals surface area contributed by atoms with E-state index in [1.165, 1.54) is 0 Å². The van der Waals surface area contributed by atoms with E-state index >= 15 is 0 Å². The lowest BCUT2D eigenvalue weighted by Crippen LogP contribution is -2.28. The summed E-state index contributed by atoms with van der Waals surface area (Å²) in [6.45, 7) is 3.50. The molecule has 2 heterocycles. The molecule has 1 N–H and O–H groups in total. The lowest BCUT2D eigenvalue weighted by Gasteiger charge is -2.13. The molecule has 2 bridgehead atoms. The van der Waals surface area contributed by atoms with E-state index in [4.69, 9.17) is 9.84 Å². The number of aryl methyl sites for hydroxylation is 1. The number of hydrazone groups is 1. The number of aliphatic carboxylic acids is 1. The normalized spacial score (nSPS) is 25.9. The zero-order chi connectivity index (χ0) is 22.6. The zero-order valence-electron chi connectivity index (χ0n) is 17.8. The summed E-state index contributed by atoms with van der Waals surface area (Å²) in [5.41, 5.74) is 3.56. The summed E-state index contributed by atoms with van der Waals surface area (Å²) >= 11 is 0. The summed E-state index contributed by atoms with van der Waals surface area (Å²) in [7, 11) is 0. The quantitative estimate of drug-likeness (QED) is 0.429. The topological polar surface area (TPSA) is 101 Å². The first-order valence-corrected chi connectivity index (χ1v) is 10.6. The van der Waals surface area contributed by atoms with Gasteiger partial charge >= 0.3 is 5.97 Å². The molecule has 1 saturated carbocycles. The molecule has 1 aromatic heterocycles. The van der Waals surface area contributed by atoms with Crippen LogP contribution in [0.3, 0.4) is 0 Å². The summed E-state index contributed by atoms with van der Waals surface area (Å²) < 4.78 is 7.21. The SMILES string of the molecule is Cc1cc(C=NN2C(=O)C3C4C=CC(C4)C3C2=O)c(C)n1-c1ccc(OCC(=O)O)cc1. The summed E-state index contributed by atoms with van der Waals surface area (Å²) in [6, 6.07) is 9.07. The maximum Gasteiger partial charge on any atom is 0.341 e. The third-order valence-electron chi connectivity index (χ3n) is 6.69. The minimum atomic E-state index is -1.03. The number of allylic oxidation sites excluding steroid dienone is 2. The van der Waals surface area contributed by atoms with Gasteiger partial charge < -0.3 is 14.4 Å². The number of amides is 2. The highest BCUT2D eigenvalue weighted by Gasteiger charge is 2.59. The number of ether oxygens (including phenoxy) is 1. The molecule has 164 valence electrons. The van der Waals surface area contributed by atoms with E-state index in [1.807, 2.05) is 36.6 Å². The molecule has 4 unspecified atom stereocenters.